The zero-order valence-corrected chi connectivity index (χ0v) is 13.3. The molecular weight excluding hydrogens is 316 g/mol. The topological polar surface area (TPSA) is 47.6 Å². The summed E-state index contributed by atoms with van der Waals surface area (Å²) in [6.07, 6.45) is 0.921. The van der Waals surface area contributed by atoms with Crippen LogP contribution in [0.4, 0.5) is 8.78 Å². The summed E-state index contributed by atoms with van der Waals surface area (Å²) in [5, 5.41) is 2.80. The van der Waals surface area contributed by atoms with Crippen molar-refractivity contribution >= 4 is 5.91 Å². The second-order valence-electron chi connectivity index (χ2n) is 5.11. The fraction of sp³-hybridized carbons (Fsp3) is 0.278. The number of nitrogens with one attached hydrogen (secondary N) is 1. The van der Waals surface area contributed by atoms with Crippen molar-refractivity contribution in [3.63, 3.8) is 0 Å². The molecule has 0 saturated heterocycles. The van der Waals surface area contributed by atoms with Gasteiger partial charge in [0, 0.05) is 13.0 Å². The van der Waals surface area contributed by atoms with Crippen molar-refractivity contribution in [3.8, 4) is 11.5 Å². The molecule has 0 unspecified atom stereocenters. The molecular formula is C18H19F2NO3. The van der Waals surface area contributed by atoms with E-state index in [2.05, 4.69) is 10.1 Å². The van der Waals surface area contributed by atoms with Crippen molar-refractivity contribution in [2.45, 2.75) is 26.0 Å². The van der Waals surface area contributed by atoms with E-state index in [4.69, 9.17) is 4.74 Å². The monoisotopic (exact) mass is 335 g/mol. The Bertz CT molecular complexity index is 660. The zero-order valence-electron chi connectivity index (χ0n) is 13.3. The molecule has 2 aromatic carbocycles. The molecule has 0 heterocycles. The fourth-order valence-corrected chi connectivity index (χ4v) is 2.24. The molecule has 128 valence electrons. The molecule has 0 aliphatic carbocycles. The molecule has 2 aromatic rings. The fourth-order valence-electron chi connectivity index (χ4n) is 2.24. The smallest absolute Gasteiger partial charge is 0.387 e. The first-order chi connectivity index (χ1) is 11.6. The minimum Gasteiger partial charge on any atom is -0.496 e. The Balaban J connectivity index is 1.78. The molecule has 2 rings (SSSR count). The van der Waals surface area contributed by atoms with Gasteiger partial charge in [0.25, 0.3) is 0 Å². The largest absolute Gasteiger partial charge is 0.496 e. The summed E-state index contributed by atoms with van der Waals surface area (Å²) in [5.74, 6) is 0.769. The first kappa shape index (κ1) is 17.7. The molecule has 1 N–H and O–H groups in total. The van der Waals surface area contributed by atoms with Gasteiger partial charge in [0.05, 0.1) is 7.11 Å². The van der Waals surface area contributed by atoms with Crippen LogP contribution in [-0.2, 0) is 17.8 Å². The van der Waals surface area contributed by atoms with Gasteiger partial charge in [-0.25, -0.2) is 0 Å². The van der Waals surface area contributed by atoms with Crippen molar-refractivity contribution in [1.82, 2.24) is 5.32 Å². The molecule has 24 heavy (non-hydrogen) atoms. The van der Waals surface area contributed by atoms with Crippen molar-refractivity contribution in [3.05, 3.63) is 59.7 Å². The third-order valence-corrected chi connectivity index (χ3v) is 3.45. The number of ether oxygens (including phenoxy) is 2. The summed E-state index contributed by atoms with van der Waals surface area (Å²) < 4.78 is 33.7. The van der Waals surface area contributed by atoms with Crippen LogP contribution in [0.25, 0.3) is 0 Å². The number of hydrogen-bond acceptors (Lipinski definition) is 3. The van der Waals surface area contributed by atoms with Crippen LogP contribution >= 0.6 is 0 Å². The number of benzene rings is 2. The average molecular weight is 335 g/mol. The van der Waals surface area contributed by atoms with Gasteiger partial charge in [0.2, 0.25) is 5.91 Å². The van der Waals surface area contributed by atoms with Crippen molar-refractivity contribution < 1.29 is 23.0 Å². The van der Waals surface area contributed by atoms with Crippen molar-refractivity contribution in [1.29, 1.82) is 0 Å². The maximum Gasteiger partial charge on any atom is 0.387 e. The highest BCUT2D eigenvalue weighted by Crippen LogP contribution is 2.19. The maximum absolute atomic E-state index is 12.1. The average Bonchev–Trinajstić information content (AvgIpc) is 2.59. The Morgan fingerprint density at radius 1 is 1.12 bits per heavy atom. The van der Waals surface area contributed by atoms with Crippen LogP contribution in [0.15, 0.2) is 48.5 Å². The molecule has 6 heteroatoms. The minimum absolute atomic E-state index is 0.0891. The van der Waals surface area contributed by atoms with Crippen LogP contribution in [0.3, 0.4) is 0 Å². The molecule has 0 spiro atoms. The summed E-state index contributed by atoms with van der Waals surface area (Å²) >= 11 is 0. The second kappa shape index (κ2) is 8.86. The number of aryl methyl sites for hydroxylation is 1. The zero-order chi connectivity index (χ0) is 17.4. The number of alkyl halides is 2. The van der Waals surface area contributed by atoms with Gasteiger partial charge in [-0.15, -0.1) is 0 Å². The molecule has 0 fully saturated rings. The van der Waals surface area contributed by atoms with E-state index in [1.807, 2.05) is 24.3 Å². The quantitative estimate of drug-likeness (QED) is 0.803. The van der Waals surface area contributed by atoms with E-state index in [9.17, 15) is 13.6 Å². The van der Waals surface area contributed by atoms with Crippen LogP contribution < -0.4 is 14.8 Å². The molecule has 0 aromatic heterocycles. The lowest BCUT2D eigenvalue weighted by Gasteiger charge is -2.09. The summed E-state index contributed by atoms with van der Waals surface area (Å²) in [7, 11) is 1.60. The van der Waals surface area contributed by atoms with Crippen molar-refractivity contribution in [2.75, 3.05) is 7.11 Å². The molecule has 0 aliphatic rings. The Morgan fingerprint density at radius 3 is 2.50 bits per heavy atom. The predicted octanol–water partition coefficient (Wildman–Crippen LogP) is 3.55. The number of carbonyl (C=O) groups is 1. The number of halogens is 2. The molecule has 0 aliphatic heterocycles. The van der Waals surface area contributed by atoms with Crippen LogP contribution in [0.5, 0.6) is 11.5 Å². The third kappa shape index (κ3) is 5.53. The standard InChI is InChI=1S/C18H19F2NO3/c1-23-16-5-3-2-4-14(16)8-11-17(22)21-12-13-6-9-15(10-7-13)24-18(19)20/h2-7,9-10,18H,8,11-12H2,1H3,(H,21,22). The lowest BCUT2D eigenvalue weighted by molar-refractivity contribution is -0.121. The normalized spacial score (nSPS) is 10.5. The number of amides is 1. The number of rotatable bonds is 8. The van der Waals surface area contributed by atoms with Crippen LogP contribution in [-0.4, -0.2) is 19.6 Å². The first-order valence-electron chi connectivity index (χ1n) is 7.51. The molecule has 0 radical (unpaired) electrons. The summed E-state index contributed by atoms with van der Waals surface area (Å²) in [4.78, 5) is 11.9. The molecule has 0 saturated carbocycles. The number of hydrogen-bond donors (Lipinski definition) is 1. The maximum atomic E-state index is 12.1. The Morgan fingerprint density at radius 2 is 1.83 bits per heavy atom. The number of para-hydroxylation sites is 1. The van der Waals surface area contributed by atoms with Gasteiger partial charge in [-0.2, -0.15) is 8.78 Å². The lowest BCUT2D eigenvalue weighted by Crippen LogP contribution is -2.23. The van der Waals surface area contributed by atoms with E-state index in [-0.39, 0.29) is 11.7 Å². The first-order valence-corrected chi connectivity index (χ1v) is 7.51. The number of methoxy groups -OCH3 is 1. The SMILES string of the molecule is COc1ccccc1CCC(=O)NCc1ccc(OC(F)F)cc1. The van der Waals surface area contributed by atoms with Gasteiger partial charge in [-0.05, 0) is 35.7 Å². The minimum atomic E-state index is -2.84. The summed E-state index contributed by atoms with van der Waals surface area (Å²) in [6.45, 7) is -2.51. The van der Waals surface area contributed by atoms with Gasteiger partial charge < -0.3 is 14.8 Å². The van der Waals surface area contributed by atoms with E-state index < -0.39 is 6.61 Å². The van der Waals surface area contributed by atoms with E-state index in [1.54, 1.807) is 19.2 Å². The van der Waals surface area contributed by atoms with E-state index in [1.165, 1.54) is 12.1 Å². The molecule has 4 nitrogen and oxygen atoms in total. The molecule has 1 amide bonds. The Hall–Kier alpha value is -2.63. The Kier molecular flexibility index (Phi) is 6.54. The lowest BCUT2D eigenvalue weighted by atomic mass is 10.1. The van der Waals surface area contributed by atoms with Gasteiger partial charge in [-0.1, -0.05) is 30.3 Å². The van der Waals surface area contributed by atoms with Gasteiger partial charge >= 0.3 is 6.61 Å². The van der Waals surface area contributed by atoms with Crippen LogP contribution in [0.1, 0.15) is 17.5 Å². The summed E-state index contributed by atoms with van der Waals surface area (Å²) in [6, 6.07) is 13.7. The molecule has 0 atom stereocenters. The highest BCUT2D eigenvalue weighted by molar-refractivity contribution is 5.76. The Labute approximate surface area is 139 Å². The highest BCUT2D eigenvalue weighted by Gasteiger charge is 2.07. The highest BCUT2D eigenvalue weighted by atomic mass is 19.3. The van der Waals surface area contributed by atoms with E-state index >= 15 is 0 Å². The third-order valence-electron chi connectivity index (χ3n) is 3.45. The van der Waals surface area contributed by atoms with Crippen LogP contribution in [0.2, 0.25) is 0 Å². The number of carbonyl (C=O) groups excluding carboxylic acids is 1. The molecule has 0 bridgehead atoms. The van der Waals surface area contributed by atoms with E-state index in [0.29, 0.717) is 19.4 Å². The van der Waals surface area contributed by atoms with Crippen molar-refractivity contribution in [2.24, 2.45) is 0 Å². The predicted molar refractivity (Wildman–Crippen MR) is 86.2 cm³/mol. The second-order valence-corrected chi connectivity index (χ2v) is 5.11. The summed E-state index contributed by atoms with van der Waals surface area (Å²) in [5.41, 5.74) is 1.78. The van der Waals surface area contributed by atoms with E-state index in [0.717, 1.165) is 16.9 Å². The van der Waals surface area contributed by atoms with Crippen LogP contribution in [0, 0.1) is 0 Å². The van der Waals surface area contributed by atoms with Gasteiger partial charge in [-0.3, -0.25) is 4.79 Å². The van der Waals surface area contributed by atoms with Gasteiger partial charge in [0.1, 0.15) is 11.5 Å². The van der Waals surface area contributed by atoms with Gasteiger partial charge in [0.15, 0.2) is 0 Å².